The number of rotatable bonds is 3. The summed E-state index contributed by atoms with van der Waals surface area (Å²) >= 11 is 0. The van der Waals surface area contributed by atoms with Gasteiger partial charge in [-0.3, -0.25) is 4.79 Å². The largest absolute Gasteiger partial charge is 0.341 e. The van der Waals surface area contributed by atoms with E-state index in [1.54, 1.807) is 0 Å². The third-order valence-corrected chi connectivity index (χ3v) is 3.87. The summed E-state index contributed by atoms with van der Waals surface area (Å²) in [5.74, 6) is -0.158. The number of para-hydroxylation sites is 2. The lowest BCUT2D eigenvalue weighted by Crippen LogP contribution is -2.34. The number of carbonyl (C=O) groups is 1. The van der Waals surface area contributed by atoms with Crippen LogP contribution in [-0.4, -0.2) is 12.5 Å². The van der Waals surface area contributed by atoms with Gasteiger partial charge in [0.05, 0.1) is 6.04 Å². The predicted molar refractivity (Wildman–Crippen MR) is 85.7 cm³/mol. The molecule has 0 bridgehead atoms. The van der Waals surface area contributed by atoms with Gasteiger partial charge in [0.1, 0.15) is 0 Å². The number of fused-ring (bicyclic) bond motifs is 2. The predicted octanol–water partition coefficient (Wildman–Crippen LogP) is 3.55. The molecule has 3 nitrogen and oxygen atoms in total. The van der Waals surface area contributed by atoms with Crippen LogP contribution in [0.3, 0.4) is 0 Å². The lowest BCUT2D eigenvalue weighted by molar-refractivity contribution is -0.116. The second kappa shape index (κ2) is 5.44. The molecule has 1 aliphatic rings. The van der Waals surface area contributed by atoms with Gasteiger partial charge in [0.25, 0.3) is 0 Å². The summed E-state index contributed by atoms with van der Waals surface area (Å²) in [5.41, 5.74) is 4.53. The Morgan fingerprint density at radius 2 is 1.67 bits per heavy atom. The maximum atomic E-state index is 11.8. The molecule has 1 amide bonds. The van der Waals surface area contributed by atoms with E-state index in [0.717, 1.165) is 29.0 Å². The topological polar surface area (TPSA) is 32.3 Å². The van der Waals surface area contributed by atoms with Crippen LogP contribution in [0.15, 0.2) is 61.2 Å². The first-order chi connectivity index (χ1) is 10.3. The Labute approximate surface area is 124 Å². The average molecular weight is 278 g/mol. The molecule has 0 spiro atoms. The van der Waals surface area contributed by atoms with Crippen LogP contribution in [0.5, 0.6) is 0 Å². The molecule has 3 heteroatoms. The van der Waals surface area contributed by atoms with Crippen molar-refractivity contribution in [3.63, 3.8) is 0 Å². The first-order valence-corrected chi connectivity index (χ1v) is 7.14. The van der Waals surface area contributed by atoms with Crippen molar-refractivity contribution in [2.45, 2.75) is 13.0 Å². The smallest absolute Gasteiger partial charge is 0.244 e. The van der Waals surface area contributed by atoms with E-state index in [0.29, 0.717) is 0 Å². The fourth-order valence-corrected chi connectivity index (χ4v) is 2.95. The van der Waals surface area contributed by atoms with Crippen LogP contribution in [0.4, 0.5) is 11.4 Å². The number of nitrogens with one attached hydrogen (secondary N) is 1. The highest BCUT2D eigenvalue weighted by Gasteiger charge is 2.29. The van der Waals surface area contributed by atoms with Crippen molar-refractivity contribution in [3.8, 4) is 0 Å². The van der Waals surface area contributed by atoms with Crippen LogP contribution < -0.4 is 10.2 Å². The Hall–Kier alpha value is -2.55. The van der Waals surface area contributed by atoms with Crippen molar-refractivity contribution in [3.05, 3.63) is 72.3 Å². The fraction of sp³-hybridized carbons (Fsp3) is 0.167. The van der Waals surface area contributed by atoms with Gasteiger partial charge in [0, 0.05) is 29.0 Å². The molecule has 0 saturated carbocycles. The zero-order valence-corrected chi connectivity index (χ0v) is 12.0. The molecule has 2 aromatic carbocycles. The number of hydrogen-bond acceptors (Lipinski definition) is 2. The second-order valence-electron chi connectivity index (χ2n) is 5.01. The Kier molecular flexibility index (Phi) is 3.48. The van der Waals surface area contributed by atoms with Crippen molar-refractivity contribution < 1.29 is 4.79 Å². The molecule has 0 aliphatic carbocycles. The van der Waals surface area contributed by atoms with Gasteiger partial charge in [0.15, 0.2) is 0 Å². The Bertz CT molecular complexity index is 646. The maximum absolute atomic E-state index is 11.8. The summed E-state index contributed by atoms with van der Waals surface area (Å²) in [6.45, 7) is 6.57. The van der Waals surface area contributed by atoms with Gasteiger partial charge in [-0.2, -0.15) is 0 Å². The zero-order valence-electron chi connectivity index (χ0n) is 12.0. The number of nitrogens with zero attached hydrogens (tertiary/aromatic N) is 1. The minimum atomic E-state index is -0.158. The Balaban J connectivity index is 2.17. The second-order valence-corrected chi connectivity index (χ2v) is 5.01. The van der Waals surface area contributed by atoms with Gasteiger partial charge in [-0.25, -0.2) is 0 Å². The molecular weight excluding hydrogens is 260 g/mol. The Morgan fingerprint density at radius 3 is 2.14 bits per heavy atom. The van der Waals surface area contributed by atoms with Crippen molar-refractivity contribution >= 4 is 17.3 Å². The van der Waals surface area contributed by atoms with Gasteiger partial charge < -0.3 is 10.2 Å². The van der Waals surface area contributed by atoms with E-state index in [9.17, 15) is 4.79 Å². The third-order valence-electron chi connectivity index (χ3n) is 3.87. The molecule has 1 heterocycles. The number of amides is 1. The summed E-state index contributed by atoms with van der Waals surface area (Å²) in [6.07, 6.45) is 1.32. The molecule has 0 fully saturated rings. The highest BCUT2D eigenvalue weighted by Crippen LogP contribution is 2.43. The fourth-order valence-electron chi connectivity index (χ4n) is 2.95. The van der Waals surface area contributed by atoms with Gasteiger partial charge in [-0.1, -0.05) is 43.0 Å². The molecule has 106 valence electrons. The minimum Gasteiger partial charge on any atom is -0.341 e. The van der Waals surface area contributed by atoms with Crippen molar-refractivity contribution in [2.75, 3.05) is 11.4 Å². The van der Waals surface area contributed by atoms with Crippen molar-refractivity contribution in [1.29, 1.82) is 0 Å². The number of carbonyl (C=O) groups excluding carboxylic acids is 1. The third kappa shape index (κ3) is 2.21. The van der Waals surface area contributed by atoms with Gasteiger partial charge >= 0.3 is 0 Å². The zero-order chi connectivity index (χ0) is 14.8. The minimum absolute atomic E-state index is 0.134. The molecule has 21 heavy (non-hydrogen) atoms. The molecule has 1 N–H and O–H groups in total. The van der Waals surface area contributed by atoms with Crippen molar-refractivity contribution in [1.82, 2.24) is 5.32 Å². The molecule has 2 aromatic rings. The van der Waals surface area contributed by atoms with Gasteiger partial charge in [-0.15, -0.1) is 0 Å². The molecule has 0 aromatic heterocycles. The molecule has 0 saturated heterocycles. The summed E-state index contributed by atoms with van der Waals surface area (Å²) in [7, 11) is 0. The monoisotopic (exact) mass is 278 g/mol. The van der Waals surface area contributed by atoms with Crippen LogP contribution in [0.2, 0.25) is 0 Å². The number of anilines is 2. The summed E-state index contributed by atoms with van der Waals surface area (Å²) < 4.78 is 0. The van der Waals surface area contributed by atoms with Gasteiger partial charge in [-0.05, 0) is 25.1 Å². The maximum Gasteiger partial charge on any atom is 0.244 e. The van der Waals surface area contributed by atoms with E-state index in [2.05, 4.69) is 48.0 Å². The summed E-state index contributed by atoms with van der Waals surface area (Å²) in [5, 5.41) is 3.04. The molecule has 1 aliphatic heterocycles. The van der Waals surface area contributed by atoms with E-state index in [1.807, 2.05) is 24.3 Å². The average Bonchev–Trinajstić information content (AvgIpc) is 2.54. The van der Waals surface area contributed by atoms with Crippen LogP contribution in [0.25, 0.3) is 0 Å². The summed E-state index contributed by atoms with van der Waals surface area (Å²) in [4.78, 5) is 14.1. The standard InChI is InChI=1S/C18H18N2O/c1-3-17(21)19-18-13-9-5-7-11-15(13)20(4-2)16-12-8-6-10-14(16)18/h3,5-12,18H,1,4H2,2H3,(H,19,21). The Morgan fingerprint density at radius 1 is 1.14 bits per heavy atom. The summed E-state index contributed by atoms with van der Waals surface area (Å²) in [6, 6.07) is 16.3. The van der Waals surface area contributed by atoms with Crippen LogP contribution in [0, 0.1) is 0 Å². The molecule has 0 atom stereocenters. The van der Waals surface area contributed by atoms with Crippen molar-refractivity contribution in [2.24, 2.45) is 0 Å². The molecule has 0 radical (unpaired) electrons. The first kappa shape index (κ1) is 13.4. The van der Waals surface area contributed by atoms with E-state index in [-0.39, 0.29) is 11.9 Å². The highest BCUT2D eigenvalue weighted by molar-refractivity contribution is 5.89. The van der Waals surface area contributed by atoms with Gasteiger partial charge in [0.2, 0.25) is 5.91 Å². The first-order valence-electron chi connectivity index (χ1n) is 7.14. The number of benzene rings is 2. The normalized spacial score (nSPS) is 13.3. The van der Waals surface area contributed by atoms with E-state index in [4.69, 9.17) is 0 Å². The van der Waals surface area contributed by atoms with Crippen LogP contribution in [-0.2, 0) is 4.79 Å². The van der Waals surface area contributed by atoms with Crippen LogP contribution in [0.1, 0.15) is 24.1 Å². The van der Waals surface area contributed by atoms with Crippen LogP contribution >= 0.6 is 0 Å². The van der Waals surface area contributed by atoms with E-state index < -0.39 is 0 Å². The SMILES string of the molecule is C=CC(=O)NC1c2ccccc2N(CC)c2ccccc21. The van der Waals surface area contributed by atoms with E-state index in [1.165, 1.54) is 6.08 Å². The van der Waals surface area contributed by atoms with E-state index >= 15 is 0 Å². The highest BCUT2D eigenvalue weighted by atomic mass is 16.1. The number of hydrogen-bond donors (Lipinski definition) is 1. The molecule has 0 unspecified atom stereocenters. The molecular formula is C18H18N2O. The lowest BCUT2D eigenvalue weighted by Gasteiger charge is -2.37. The quantitative estimate of drug-likeness (QED) is 0.871. The molecule has 3 rings (SSSR count). The lowest BCUT2D eigenvalue weighted by atomic mass is 9.90.